The summed E-state index contributed by atoms with van der Waals surface area (Å²) in [5.41, 5.74) is 0. The Morgan fingerprint density at radius 2 is 1.27 bits per heavy atom. The molecule has 0 amide bonds. The molecule has 0 aromatic rings. The van der Waals surface area contributed by atoms with Crippen LogP contribution < -0.4 is 10.6 Å². The first-order chi connectivity index (χ1) is 4.63. The molecule has 2 nitrogen and oxygen atoms in total. The summed E-state index contributed by atoms with van der Waals surface area (Å²) in [5.74, 6) is 0. The maximum absolute atomic E-state index is 4.54. The maximum Gasteiger partial charge on any atom is 2.00 e. The van der Waals surface area contributed by atoms with Gasteiger partial charge in [0.15, 0.2) is 0 Å². The van der Waals surface area contributed by atoms with Crippen molar-refractivity contribution in [2.75, 3.05) is 0 Å². The van der Waals surface area contributed by atoms with E-state index in [1.54, 1.807) is 0 Å². The molecular formula is C4H4N2S4Zn. The summed E-state index contributed by atoms with van der Waals surface area (Å²) >= 11 is 18.2. The molecule has 0 aromatic heterocycles. The fourth-order valence-corrected chi connectivity index (χ4v) is 0.492. The normalized spacial score (nSPS) is 8.36. The van der Waals surface area contributed by atoms with Crippen molar-refractivity contribution in [3.8, 4) is 0 Å². The fourth-order valence-electron chi connectivity index (χ4n) is 0.219. The van der Waals surface area contributed by atoms with Gasteiger partial charge in [-0.2, -0.15) is 0 Å². The quantitative estimate of drug-likeness (QED) is 0.426. The molecule has 0 radical (unpaired) electrons. The van der Waals surface area contributed by atoms with Crippen LogP contribution in [-0.2, 0) is 44.7 Å². The molecule has 0 spiro atoms. The Labute approximate surface area is 100 Å². The third-order valence-electron chi connectivity index (χ3n) is 0.486. The summed E-state index contributed by atoms with van der Waals surface area (Å²) in [5, 5.41) is 5.20. The Bertz CT molecular complexity index is 151. The van der Waals surface area contributed by atoms with Crippen LogP contribution in [0.1, 0.15) is 0 Å². The van der Waals surface area contributed by atoms with E-state index in [1.807, 2.05) is 0 Å². The van der Waals surface area contributed by atoms with Crippen LogP contribution in [0.3, 0.4) is 0 Å². The van der Waals surface area contributed by atoms with Crippen molar-refractivity contribution in [2.24, 2.45) is 0 Å². The molecule has 0 aliphatic heterocycles. The standard InChI is InChI=1S/C4H6N2S4.Zn/c7-3(8)5-1-2-6-4(9)10;/h1-2H,(H2,5,7,8)(H2,6,9,10);/q;+2/p-2/b2-1-;. The third-order valence-corrected chi connectivity index (χ3v) is 0.957. The van der Waals surface area contributed by atoms with Crippen LogP contribution in [0.15, 0.2) is 12.4 Å². The third kappa shape index (κ3) is 13.6. The van der Waals surface area contributed by atoms with Crippen LogP contribution in [0.4, 0.5) is 0 Å². The Kier molecular flexibility index (Phi) is 11.1. The van der Waals surface area contributed by atoms with Gasteiger partial charge in [0.05, 0.1) is 0 Å². The summed E-state index contributed by atoms with van der Waals surface area (Å²) < 4.78 is 0.571. The molecule has 0 aliphatic carbocycles. The first-order valence-electron chi connectivity index (χ1n) is 2.23. The zero-order valence-electron chi connectivity index (χ0n) is 5.49. The predicted molar refractivity (Wildman–Crippen MR) is 55.3 cm³/mol. The summed E-state index contributed by atoms with van der Waals surface area (Å²) in [7, 11) is 0. The van der Waals surface area contributed by atoms with E-state index in [1.165, 1.54) is 12.4 Å². The largest absolute Gasteiger partial charge is 2.00 e. The van der Waals surface area contributed by atoms with Gasteiger partial charge in [-0.3, -0.25) is 0 Å². The smallest absolute Gasteiger partial charge is 0.411 e. The van der Waals surface area contributed by atoms with Gasteiger partial charge in [0.2, 0.25) is 0 Å². The Morgan fingerprint density at radius 3 is 1.45 bits per heavy atom. The summed E-state index contributed by atoms with van der Waals surface area (Å²) in [4.78, 5) is 0. The molecule has 7 heteroatoms. The maximum atomic E-state index is 4.54. The molecular weight excluding hydrogens is 270 g/mol. The van der Waals surface area contributed by atoms with E-state index >= 15 is 0 Å². The minimum atomic E-state index is 0. The van der Waals surface area contributed by atoms with Gasteiger partial charge in [-0.15, -0.1) is 0 Å². The fraction of sp³-hybridized carbons (Fsp3) is 0. The zero-order chi connectivity index (χ0) is 7.98. The van der Waals surface area contributed by atoms with Gasteiger partial charge in [0.1, 0.15) is 0 Å². The molecule has 0 aromatic carbocycles. The van der Waals surface area contributed by atoms with Gasteiger partial charge in [-0.1, -0.05) is 8.64 Å². The van der Waals surface area contributed by atoms with Crippen molar-refractivity contribution in [1.29, 1.82) is 0 Å². The van der Waals surface area contributed by atoms with E-state index in [9.17, 15) is 0 Å². The molecule has 11 heavy (non-hydrogen) atoms. The molecule has 0 saturated heterocycles. The van der Waals surface area contributed by atoms with Crippen molar-refractivity contribution in [2.45, 2.75) is 0 Å². The van der Waals surface area contributed by atoms with Gasteiger partial charge in [-0.05, 0) is 0 Å². The summed E-state index contributed by atoms with van der Waals surface area (Å²) in [6, 6.07) is 0. The van der Waals surface area contributed by atoms with E-state index in [2.05, 4.69) is 60.3 Å². The minimum absolute atomic E-state index is 0. The summed E-state index contributed by atoms with van der Waals surface area (Å²) in [6.07, 6.45) is 3.07. The first-order valence-corrected chi connectivity index (χ1v) is 3.86. The van der Waals surface area contributed by atoms with Gasteiger partial charge < -0.3 is 60.3 Å². The topological polar surface area (TPSA) is 24.1 Å². The average molecular weight is 274 g/mol. The van der Waals surface area contributed by atoms with Gasteiger partial charge in [0, 0.05) is 12.4 Å². The number of nitrogens with one attached hydrogen (secondary N) is 2. The van der Waals surface area contributed by atoms with E-state index < -0.39 is 0 Å². The molecule has 0 atom stereocenters. The molecule has 56 valence electrons. The number of hydrogen-bond acceptors (Lipinski definition) is 4. The van der Waals surface area contributed by atoms with Crippen LogP contribution >= 0.6 is 24.4 Å². The van der Waals surface area contributed by atoms with Crippen LogP contribution in [0.5, 0.6) is 0 Å². The van der Waals surface area contributed by atoms with Crippen LogP contribution in [-0.4, -0.2) is 8.64 Å². The molecule has 0 saturated carbocycles. The Hall–Kier alpha value is 0.583. The second-order valence-electron chi connectivity index (χ2n) is 1.20. The van der Waals surface area contributed by atoms with E-state index in [-0.39, 0.29) is 28.1 Å². The van der Waals surface area contributed by atoms with Crippen molar-refractivity contribution in [3.63, 3.8) is 0 Å². The Balaban J connectivity index is 0. The molecule has 0 fully saturated rings. The van der Waals surface area contributed by atoms with E-state index in [0.29, 0.717) is 0 Å². The van der Waals surface area contributed by atoms with E-state index in [4.69, 9.17) is 0 Å². The zero-order valence-corrected chi connectivity index (χ0v) is 11.7. The van der Waals surface area contributed by atoms with Crippen molar-refractivity contribution < 1.29 is 19.5 Å². The van der Waals surface area contributed by atoms with Crippen molar-refractivity contribution >= 4 is 58.3 Å². The molecule has 0 unspecified atom stereocenters. The van der Waals surface area contributed by atoms with Gasteiger partial charge in [-0.25, -0.2) is 0 Å². The summed E-state index contributed by atoms with van der Waals surface area (Å²) in [6.45, 7) is 0. The van der Waals surface area contributed by atoms with Gasteiger partial charge >= 0.3 is 19.5 Å². The SMILES string of the molecule is S=C([S-])N/C=C\NC(=S)[S-].[Zn+2]. The van der Waals surface area contributed by atoms with Crippen molar-refractivity contribution in [1.82, 2.24) is 10.6 Å². The molecule has 0 aliphatic rings. The van der Waals surface area contributed by atoms with Crippen LogP contribution in [0.25, 0.3) is 0 Å². The monoisotopic (exact) mass is 272 g/mol. The number of rotatable bonds is 2. The van der Waals surface area contributed by atoms with E-state index in [0.717, 1.165) is 0 Å². The second-order valence-corrected chi connectivity index (χ2v) is 3.35. The van der Waals surface area contributed by atoms with Crippen LogP contribution in [0, 0.1) is 0 Å². The Morgan fingerprint density at radius 1 is 1.00 bits per heavy atom. The predicted octanol–water partition coefficient (Wildman–Crippen LogP) is 0.298. The molecule has 0 bridgehead atoms. The molecule has 0 rings (SSSR count). The minimum Gasteiger partial charge on any atom is -0.411 e. The average Bonchev–Trinajstić information content (AvgIpc) is 1.79. The first kappa shape index (κ1) is 14.1. The van der Waals surface area contributed by atoms with Gasteiger partial charge in [0.25, 0.3) is 0 Å². The number of thiocarbonyl (C=S) groups is 2. The molecule has 0 heterocycles. The van der Waals surface area contributed by atoms with Crippen molar-refractivity contribution in [3.05, 3.63) is 12.4 Å². The molecule has 2 N–H and O–H groups in total. The second kappa shape index (κ2) is 8.68. The van der Waals surface area contributed by atoms with Crippen LogP contribution in [0.2, 0.25) is 0 Å². The number of hydrogen-bond donors (Lipinski definition) is 2.